The molecular formula is C25H22Cl3F3N2O3S2. The molecule has 0 aliphatic rings. The molecule has 0 aliphatic carbocycles. The average Bonchev–Trinajstić information content (AvgIpc) is 2.83. The van der Waals surface area contributed by atoms with Gasteiger partial charge in [0.15, 0.2) is 0 Å². The largest absolute Gasteiger partial charge is 0.417 e. The number of alkyl halides is 3. The van der Waals surface area contributed by atoms with Crippen LogP contribution in [0.4, 0.5) is 18.9 Å². The van der Waals surface area contributed by atoms with Crippen LogP contribution in [0, 0.1) is 6.92 Å². The van der Waals surface area contributed by atoms with Gasteiger partial charge in [-0.2, -0.15) is 24.9 Å². The van der Waals surface area contributed by atoms with E-state index in [1.165, 1.54) is 23.9 Å². The molecule has 0 spiro atoms. The minimum absolute atomic E-state index is 0.171. The number of hydrogen-bond acceptors (Lipinski definition) is 4. The maximum absolute atomic E-state index is 13.5. The normalized spacial score (nSPS) is 11.9. The fourth-order valence-electron chi connectivity index (χ4n) is 3.31. The third-order valence-corrected chi connectivity index (χ3v) is 8.99. The summed E-state index contributed by atoms with van der Waals surface area (Å²) in [6, 6.07) is 13.6. The van der Waals surface area contributed by atoms with E-state index in [4.69, 9.17) is 34.8 Å². The van der Waals surface area contributed by atoms with Crippen LogP contribution in [0.3, 0.4) is 0 Å². The molecule has 0 fully saturated rings. The first kappa shape index (κ1) is 30.4. The number of hydrogen-bond donors (Lipinski definition) is 1. The lowest BCUT2D eigenvalue weighted by molar-refractivity contribution is -0.137. The Kier molecular flexibility index (Phi) is 10.3. The van der Waals surface area contributed by atoms with Gasteiger partial charge in [-0.1, -0.05) is 58.6 Å². The van der Waals surface area contributed by atoms with Crippen molar-refractivity contribution in [3.63, 3.8) is 0 Å². The van der Waals surface area contributed by atoms with E-state index in [0.29, 0.717) is 31.9 Å². The first-order valence-electron chi connectivity index (χ1n) is 11.0. The van der Waals surface area contributed by atoms with Crippen LogP contribution in [0.15, 0.2) is 65.6 Å². The lowest BCUT2D eigenvalue weighted by Crippen LogP contribution is -2.41. The summed E-state index contributed by atoms with van der Waals surface area (Å²) in [6.45, 7) is 1.22. The third kappa shape index (κ3) is 7.95. The third-order valence-electron chi connectivity index (χ3n) is 5.28. The smallest absolute Gasteiger partial charge is 0.354 e. The van der Waals surface area contributed by atoms with Crippen molar-refractivity contribution in [3.05, 3.63) is 92.4 Å². The van der Waals surface area contributed by atoms with Crippen LogP contribution >= 0.6 is 46.6 Å². The van der Waals surface area contributed by atoms with Gasteiger partial charge in [-0.25, -0.2) is 8.42 Å². The summed E-state index contributed by atoms with van der Waals surface area (Å²) < 4.78 is 67.9. The van der Waals surface area contributed by atoms with E-state index in [9.17, 15) is 26.4 Å². The summed E-state index contributed by atoms with van der Waals surface area (Å²) in [5.74, 6) is 0.355. The molecule has 13 heteroatoms. The van der Waals surface area contributed by atoms with Gasteiger partial charge in [0.25, 0.3) is 10.0 Å². The number of halogens is 6. The zero-order chi connectivity index (χ0) is 28.1. The van der Waals surface area contributed by atoms with Gasteiger partial charge in [0.1, 0.15) is 6.54 Å². The molecular weight excluding hydrogens is 604 g/mol. The number of carbonyl (C=O) groups excluding carboxylic acids is 1. The van der Waals surface area contributed by atoms with Crippen molar-refractivity contribution in [3.8, 4) is 0 Å². The Morgan fingerprint density at radius 2 is 1.66 bits per heavy atom. The zero-order valence-electron chi connectivity index (χ0n) is 19.9. The molecule has 0 radical (unpaired) electrons. The maximum atomic E-state index is 13.5. The molecule has 38 heavy (non-hydrogen) atoms. The second-order valence-corrected chi connectivity index (χ2v) is 12.3. The predicted molar refractivity (Wildman–Crippen MR) is 148 cm³/mol. The van der Waals surface area contributed by atoms with Crippen molar-refractivity contribution < 1.29 is 26.4 Å². The topological polar surface area (TPSA) is 66.5 Å². The summed E-state index contributed by atoms with van der Waals surface area (Å²) >= 11 is 19.2. The van der Waals surface area contributed by atoms with Crippen molar-refractivity contribution in [2.45, 2.75) is 23.7 Å². The van der Waals surface area contributed by atoms with E-state index in [-0.39, 0.29) is 17.1 Å². The molecule has 1 N–H and O–H groups in total. The van der Waals surface area contributed by atoms with Gasteiger partial charge in [0.2, 0.25) is 5.91 Å². The van der Waals surface area contributed by atoms with Crippen LogP contribution in [0.25, 0.3) is 0 Å². The molecule has 0 heterocycles. The Morgan fingerprint density at radius 1 is 0.974 bits per heavy atom. The van der Waals surface area contributed by atoms with Gasteiger partial charge in [0, 0.05) is 28.1 Å². The molecule has 0 saturated carbocycles. The van der Waals surface area contributed by atoms with Crippen molar-refractivity contribution in [1.29, 1.82) is 0 Å². The summed E-state index contributed by atoms with van der Waals surface area (Å²) in [5.41, 5.74) is 0.102. The standard InChI is InChI=1S/C25H22Cl3F3N2O3S2/c1-16-2-7-20(8-3-16)38(35,36)33(19-6-9-22(27)21(13-19)25(29,30)31)14-24(34)32-10-11-37-15-17-4-5-18(26)12-23(17)28/h2-9,12-13H,10-11,14-15H2,1H3,(H,32,34). The molecule has 3 rings (SSSR count). The number of anilines is 1. The number of amides is 1. The maximum Gasteiger partial charge on any atom is 0.417 e. The molecule has 1 amide bonds. The van der Waals surface area contributed by atoms with E-state index >= 15 is 0 Å². The average molecular weight is 626 g/mol. The van der Waals surface area contributed by atoms with Gasteiger partial charge in [-0.05, 0) is 55.0 Å². The minimum Gasteiger partial charge on any atom is -0.354 e. The van der Waals surface area contributed by atoms with Crippen molar-refractivity contribution in [2.75, 3.05) is 23.1 Å². The monoisotopic (exact) mass is 624 g/mol. The van der Waals surface area contributed by atoms with Crippen molar-refractivity contribution in [1.82, 2.24) is 5.32 Å². The number of carbonyl (C=O) groups is 1. The Labute approximate surface area is 238 Å². The number of benzene rings is 3. The highest BCUT2D eigenvalue weighted by molar-refractivity contribution is 7.98. The van der Waals surface area contributed by atoms with E-state index in [2.05, 4.69) is 5.32 Å². The van der Waals surface area contributed by atoms with E-state index in [0.717, 1.165) is 23.3 Å². The van der Waals surface area contributed by atoms with Gasteiger partial charge in [0.05, 0.1) is 21.2 Å². The van der Waals surface area contributed by atoms with Crippen LogP contribution in [0.1, 0.15) is 16.7 Å². The van der Waals surface area contributed by atoms with Gasteiger partial charge in [-0.3, -0.25) is 9.10 Å². The zero-order valence-corrected chi connectivity index (χ0v) is 23.8. The second kappa shape index (κ2) is 12.8. The second-order valence-electron chi connectivity index (χ2n) is 8.12. The minimum atomic E-state index is -4.82. The molecule has 0 saturated heterocycles. The molecule has 0 bridgehead atoms. The Balaban J connectivity index is 1.76. The highest BCUT2D eigenvalue weighted by Crippen LogP contribution is 2.38. The number of thioether (sulfide) groups is 1. The lowest BCUT2D eigenvalue weighted by atomic mass is 10.2. The highest BCUT2D eigenvalue weighted by atomic mass is 35.5. The molecule has 3 aromatic carbocycles. The Morgan fingerprint density at radius 3 is 2.29 bits per heavy atom. The summed E-state index contributed by atoms with van der Waals surface area (Å²) in [5, 5.41) is 3.07. The van der Waals surface area contributed by atoms with Crippen LogP contribution in [-0.4, -0.2) is 33.2 Å². The SMILES string of the molecule is Cc1ccc(S(=O)(=O)N(CC(=O)NCCSCc2ccc(Cl)cc2Cl)c2ccc(Cl)c(C(F)(F)F)c2)cc1. The van der Waals surface area contributed by atoms with Crippen LogP contribution in [0.2, 0.25) is 15.1 Å². The Hall–Kier alpha value is -2.11. The van der Waals surface area contributed by atoms with Gasteiger partial charge < -0.3 is 5.32 Å². The van der Waals surface area contributed by atoms with Crippen LogP contribution in [0.5, 0.6) is 0 Å². The van der Waals surface area contributed by atoms with Crippen LogP contribution in [-0.2, 0) is 26.7 Å². The number of sulfonamides is 1. The summed E-state index contributed by atoms with van der Waals surface area (Å²) in [7, 11) is -4.39. The van der Waals surface area contributed by atoms with Gasteiger partial charge >= 0.3 is 6.18 Å². The summed E-state index contributed by atoms with van der Waals surface area (Å²) in [6.07, 6.45) is -4.82. The number of rotatable bonds is 10. The van der Waals surface area contributed by atoms with E-state index < -0.39 is 39.2 Å². The molecule has 0 aliphatic heterocycles. The quantitative estimate of drug-likeness (QED) is 0.242. The molecule has 0 aromatic heterocycles. The first-order valence-corrected chi connectivity index (χ1v) is 14.8. The molecule has 0 atom stereocenters. The lowest BCUT2D eigenvalue weighted by Gasteiger charge is -2.25. The molecule has 0 unspecified atom stereocenters. The predicted octanol–water partition coefficient (Wildman–Crippen LogP) is 7.22. The molecule has 204 valence electrons. The van der Waals surface area contributed by atoms with Crippen molar-refractivity contribution in [2.24, 2.45) is 0 Å². The van der Waals surface area contributed by atoms with Crippen molar-refractivity contribution >= 4 is 68.2 Å². The first-order chi connectivity index (χ1) is 17.8. The molecule has 3 aromatic rings. The van der Waals surface area contributed by atoms with Crippen LogP contribution < -0.4 is 9.62 Å². The number of nitrogens with zero attached hydrogens (tertiary/aromatic N) is 1. The fourth-order valence-corrected chi connectivity index (χ4v) is 6.36. The van der Waals surface area contributed by atoms with E-state index in [1.54, 1.807) is 37.3 Å². The number of aryl methyl sites for hydroxylation is 1. The van der Waals surface area contributed by atoms with Gasteiger partial charge in [-0.15, -0.1) is 0 Å². The van der Waals surface area contributed by atoms with E-state index in [1.807, 2.05) is 0 Å². The molecule has 5 nitrogen and oxygen atoms in total. The fraction of sp³-hybridized carbons (Fsp3) is 0.240. The summed E-state index contributed by atoms with van der Waals surface area (Å²) in [4.78, 5) is 12.6. The highest BCUT2D eigenvalue weighted by Gasteiger charge is 2.35. The Bertz CT molecular complexity index is 1400. The number of nitrogens with one attached hydrogen (secondary N) is 1.